The van der Waals surface area contributed by atoms with Crippen LogP contribution in [-0.2, 0) is 0 Å². The standard InChI is InChI=1S/C10H18N2/c1-4-5-6-7-9(2)12-10(3)8-11/h4,6-7,9H,1,5,8,11H2,2-3H3/b7-6?,12-10-. The first-order valence-corrected chi connectivity index (χ1v) is 4.21. The molecule has 0 aliphatic rings. The first-order valence-electron chi connectivity index (χ1n) is 4.21. The van der Waals surface area contributed by atoms with Crippen LogP contribution in [0.3, 0.4) is 0 Å². The van der Waals surface area contributed by atoms with Crippen LogP contribution in [-0.4, -0.2) is 18.3 Å². The number of rotatable bonds is 5. The fraction of sp³-hybridized carbons (Fsp3) is 0.500. The van der Waals surface area contributed by atoms with Crippen LogP contribution in [0.25, 0.3) is 0 Å². The number of nitrogens with two attached hydrogens (primary N) is 1. The third-order valence-corrected chi connectivity index (χ3v) is 1.44. The molecule has 0 saturated heterocycles. The summed E-state index contributed by atoms with van der Waals surface area (Å²) < 4.78 is 0. The van der Waals surface area contributed by atoms with Gasteiger partial charge in [0.05, 0.1) is 6.04 Å². The van der Waals surface area contributed by atoms with Gasteiger partial charge in [-0.2, -0.15) is 0 Å². The summed E-state index contributed by atoms with van der Waals surface area (Å²) in [6.45, 7) is 8.15. The van der Waals surface area contributed by atoms with Crippen LogP contribution in [0.1, 0.15) is 20.3 Å². The van der Waals surface area contributed by atoms with Gasteiger partial charge in [-0.05, 0) is 20.3 Å². The molecule has 2 nitrogen and oxygen atoms in total. The highest BCUT2D eigenvalue weighted by Crippen LogP contribution is 1.94. The van der Waals surface area contributed by atoms with Gasteiger partial charge >= 0.3 is 0 Å². The predicted molar refractivity (Wildman–Crippen MR) is 55.6 cm³/mol. The van der Waals surface area contributed by atoms with E-state index in [0.717, 1.165) is 12.1 Å². The molecule has 0 saturated carbocycles. The minimum atomic E-state index is 0.230. The molecule has 1 atom stereocenters. The van der Waals surface area contributed by atoms with Crippen LogP contribution in [0.5, 0.6) is 0 Å². The Labute approximate surface area is 74.9 Å². The Morgan fingerprint density at radius 1 is 1.67 bits per heavy atom. The van der Waals surface area contributed by atoms with Crippen molar-refractivity contribution in [1.29, 1.82) is 0 Å². The molecular weight excluding hydrogens is 148 g/mol. The van der Waals surface area contributed by atoms with Crippen molar-refractivity contribution in [2.45, 2.75) is 26.3 Å². The SMILES string of the molecule is C=CCC=CC(C)/N=C(/C)CN. The molecule has 0 aromatic heterocycles. The first kappa shape index (κ1) is 11.1. The van der Waals surface area contributed by atoms with Crippen LogP contribution < -0.4 is 5.73 Å². The van der Waals surface area contributed by atoms with E-state index < -0.39 is 0 Å². The maximum Gasteiger partial charge on any atom is 0.0651 e. The molecule has 0 aliphatic heterocycles. The highest BCUT2D eigenvalue weighted by atomic mass is 14.8. The lowest BCUT2D eigenvalue weighted by Crippen LogP contribution is -2.12. The van der Waals surface area contributed by atoms with Crippen LogP contribution in [0.2, 0.25) is 0 Å². The molecule has 2 heteroatoms. The van der Waals surface area contributed by atoms with Gasteiger partial charge in [0.25, 0.3) is 0 Å². The predicted octanol–water partition coefficient (Wildman–Crippen LogP) is 1.93. The summed E-state index contributed by atoms with van der Waals surface area (Å²) in [5.41, 5.74) is 6.40. The van der Waals surface area contributed by atoms with Crippen LogP contribution >= 0.6 is 0 Å². The van der Waals surface area contributed by atoms with Gasteiger partial charge in [0, 0.05) is 12.3 Å². The van der Waals surface area contributed by atoms with Crippen molar-refractivity contribution in [1.82, 2.24) is 0 Å². The van der Waals surface area contributed by atoms with E-state index in [1.54, 1.807) is 0 Å². The maximum absolute atomic E-state index is 5.40. The Balaban J connectivity index is 3.87. The molecule has 1 unspecified atom stereocenters. The molecule has 0 fully saturated rings. The van der Waals surface area contributed by atoms with E-state index in [0.29, 0.717) is 6.54 Å². The molecule has 12 heavy (non-hydrogen) atoms. The summed E-state index contributed by atoms with van der Waals surface area (Å²) in [5.74, 6) is 0. The largest absolute Gasteiger partial charge is 0.326 e. The Bertz CT molecular complexity index is 180. The fourth-order valence-corrected chi connectivity index (χ4v) is 0.815. The number of hydrogen-bond acceptors (Lipinski definition) is 2. The number of aliphatic imine (C=N–C) groups is 1. The van der Waals surface area contributed by atoms with E-state index in [-0.39, 0.29) is 6.04 Å². The molecule has 0 amide bonds. The number of nitrogens with zero attached hydrogens (tertiary/aromatic N) is 1. The molecule has 2 N–H and O–H groups in total. The van der Waals surface area contributed by atoms with Gasteiger partial charge in [-0.15, -0.1) is 6.58 Å². The molecule has 0 spiro atoms. The molecular formula is C10H18N2. The third kappa shape index (κ3) is 5.86. The van der Waals surface area contributed by atoms with Gasteiger partial charge in [-0.3, -0.25) is 4.99 Å². The molecule has 0 rings (SSSR count). The molecule has 0 bridgehead atoms. The fourth-order valence-electron chi connectivity index (χ4n) is 0.815. The summed E-state index contributed by atoms with van der Waals surface area (Å²) in [4.78, 5) is 4.34. The normalized spacial score (nSPS) is 15.1. The lowest BCUT2D eigenvalue weighted by atomic mass is 10.2. The average Bonchev–Trinajstić information content (AvgIpc) is 2.05. The second-order valence-corrected chi connectivity index (χ2v) is 2.76. The second-order valence-electron chi connectivity index (χ2n) is 2.76. The van der Waals surface area contributed by atoms with Crippen LogP contribution in [0, 0.1) is 0 Å². The third-order valence-electron chi connectivity index (χ3n) is 1.44. The molecule has 0 aromatic carbocycles. The Morgan fingerprint density at radius 3 is 2.83 bits per heavy atom. The van der Waals surface area contributed by atoms with Gasteiger partial charge in [-0.1, -0.05) is 18.2 Å². The second kappa shape index (κ2) is 6.80. The average molecular weight is 166 g/mol. The van der Waals surface area contributed by atoms with Gasteiger partial charge < -0.3 is 5.73 Å². The lowest BCUT2D eigenvalue weighted by Gasteiger charge is -2.00. The molecule has 68 valence electrons. The van der Waals surface area contributed by atoms with Crippen molar-refractivity contribution in [3.63, 3.8) is 0 Å². The first-order chi connectivity index (χ1) is 5.70. The van der Waals surface area contributed by atoms with Crippen LogP contribution in [0.15, 0.2) is 29.8 Å². The van der Waals surface area contributed by atoms with Crippen molar-refractivity contribution >= 4 is 5.71 Å². The van der Waals surface area contributed by atoms with E-state index >= 15 is 0 Å². The Hall–Kier alpha value is -0.890. The van der Waals surface area contributed by atoms with E-state index in [1.165, 1.54) is 0 Å². The summed E-state index contributed by atoms with van der Waals surface area (Å²) >= 11 is 0. The zero-order valence-electron chi connectivity index (χ0n) is 7.96. The van der Waals surface area contributed by atoms with Crippen LogP contribution in [0.4, 0.5) is 0 Å². The molecule has 0 aromatic rings. The Morgan fingerprint density at radius 2 is 2.33 bits per heavy atom. The summed E-state index contributed by atoms with van der Waals surface area (Å²) in [6, 6.07) is 0.230. The number of hydrogen-bond donors (Lipinski definition) is 1. The Kier molecular flexibility index (Phi) is 6.29. The summed E-state index contributed by atoms with van der Waals surface area (Å²) in [6.07, 6.45) is 6.88. The lowest BCUT2D eigenvalue weighted by molar-refractivity contribution is 0.914. The van der Waals surface area contributed by atoms with E-state index in [4.69, 9.17) is 5.73 Å². The quantitative estimate of drug-likeness (QED) is 0.492. The van der Waals surface area contributed by atoms with Crippen molar-refractivity contribution in [2.24, 2.45) is 10.7 Å². The minimum Gasteiger partial charge on any atom is -0.326 e. The van der Waals surface area contributed by atoms with E-state index in [9.17, 15) is 0 Å². The highest BCUT2D eigenvalue weighted by Gasteiger charge is 1.91. The van der Waals surface area contributed by atoms with Crippen molar-refractivity contribution in [3.05, 3.63) is 24.8 Å². The monoisotopic (exact) mass is 166 g/mol. The van der Waals surface area contributed by atoms with E-state index in [1.807, 2.05) is 19.9 Å². The van der Waals surface area contributed by atoms with E-state index in [2.05, 4.69) is 23.7 Å². The summed E-state index contributed by atoms with van der Waals surface area (Å²) in [5, 5.41) is 0. The topological polar surface area (TPSA) is 38.4 Å². The minimum absolute atomic E-state index is 0.230. The van der Waals surface area contributed by atoms with Crippen molar-refractivity contribution < 1.29 is 0 Å². The van der Waals surface area contributed by atoms with Gasteiger partial charge in [0.15, 0.2) is 0 Å². The summed E-state index contributed by atoms with van der Waals surface area (Å²) in [7, 11) is 0. The maximum atomic E-state index is 5.40. The zero-order valence-corrected chi connectivity index (χ0v) is 7.96. The van der Waals surface area contributed by atoms with Crippen molar-refractivity contribution in [2.75, 3.05) is 6.54 Å². The van der Waals surface area contributed by atoms with Gasteiger partial charge in [0.1, 0.15) is 0 Å². The molecule has 0 heterocycles. The van der Waals surface area contributed by atoms with Gasteiger partial charge in [-0.25, -0.2) is 0 Å². The zero-order chi connectivity index (χ0) is 9.40. The van der Waals surface area contributed by atoms with Crippen molar-refractivity contribution in [3.8, 4) is 0 Å². The molecule has 0 aliphatic carbocycles. The molecule has 0 radical (unpaired) electrons. The van der Waals surface area contributed by atoms with Gasteiger partial charge in [0.2, 0.25) is 0 Å². The highest BCUT2D eigenvalue weighted by molar-refractivity contribution is 5.83. The number of allylic oxidation sites excluding steroid dienone is 2. The smallest absolute Gasteiger partial charge is 0.0651 e.